The summed E-state index contributed by atoms with van der Waals surface area (Å²) in [4.78, 5) is 85.7. The topological polar surface area (TPSA) is 183 Å². The van der Waals surface area contributed by atoms with Crippen LogP contribution in [0.1, 0.15) is 0 Å². The smallest absolute Gasteiger partial charge is 0.331 e. The van der Waals surface area contributed by atoms with E-state index in [1.165, 1.54) is 7.05 Å². The minimum Gasteiger partial charge on any atom is -0.350 e. The van der Waals surface area contributed by atoms with Gasteiger partial charge in [-0.2, -0.15) is 0 Å². The molecule has 4 N–H and O–H groups in total. The van der Waals surface area contributed by atoms with E-state index in [1.54, 1.807) is 24.3 Å². The van der Waals surface area contributed by atoms with Gasteiger partial charge < -0.3 is 4.98 Å². The summed E-state index contributed by atoms with van der Waals surface area (Å²) in [5.74, 6) is -3.90. The highest BCUT2D eigenvalue weighted by atomic mass is 16.2. The number of barbiturate groups is 2. The van der Waals surface area contributed by atoms with Crippen LogP contribution < -0.4 is 26.6 Å². The highest BCUT2D eigenvalue weighted by Crippen LogP contribution is 2.14. The normalized spacial score (nSPS) is 18.9. The van der Waals surface area contributed by atoms with Crippen molar-refractivity contribution in [2.45, 2.75) is 0 Å². The Bertz CT molecular complexity index is 1560. The van der Waals surface area contributed by atoms with Crippen LogP contribution in [-0.4, -0.2) is 62.6 Å². The summed E-state index contributed by atoms with van der Waals surface area (Å²) in [5.41, 5.74) is -0.0821. The predicted octanol–water partition coefficient (Wildman–Crippen LogP) is -2.51. The molecule has 0 bridgehead atoms. The number of hydrogen-bond acceptors (Lipinski definition) is 8. The van der Waals surface area contributed by atoms with Crippen LogP contribution in [0, 0.1) is 0 Å². The molecule has 0 atom stereocenters. The summed E-state index contributed by atoms with van der Waals surface area (Å²) < 4.78 is 0. The molecule has 0 unspecified atom stereocenters. The van der Waals surface area contributed by atoms with Crippen LogP contribution in [0.3, 0.4) is 0 Å². The first kappa shape index (κ1) is 19.0. The van der Waals surface area contributed by atoms with Gasteiger partial charge in [0.2, 0.25) is 0 Å². The molecule has 13 nitrogen and oxygen atoms in total. The number of amides is 8. The van der Waals surface area contributed by atoms with Gasteiger partial charge in [-0.05, 0) is 12.1 Å². The van der Waals surface area contributed by atoms with Gasteiger partial charge in [0.15, 0.2) is 0 Å². The number of H-pyrrole nitrogens is 1. The first-order valence-electron chi connectivity index (χ1n) is 9.09. The Morgan fingerprint density at radius 3 is 1.78 bits per heavy atom. The summed E-state index contributed by atoms with van der Waals surface area (Å²) in [6, 6.07) is 4.80. The molecule has 0 spiro atoms. The second kappa shape index (κ2) is 6.53. The Kier molecular flexibility index (Phi) is 3.89. The molecule has 0 aliphatic carbocycles. The molecule has 1 aromatic carbocycles. The average molecular weight is 433 g/mol. The van der Waals surface area contributed by atoms with E-state index >= 15 is 0 Å². The van der Waals surface area contributed by atoms with E-state index in [9.17, 15) is 28.8 Å². The Labute approximate surface area is 176 Å². The van der Waals surface area contributed by atoms with Crippen molar-refractivity contribution in [1.82, 2.24) is 35.8 Å². The highest BCUT2D eigenvalue weighted by Gasteiger charge is 2.36. The van der Waals surface area contributed by atoms with Crippen LogP contribution >= 0.6 is 0 Å². The zero-order valence-corrected chi connectivity index (χ0v) is 16.1. The van der Waals surface area contributed by atoms with Crippen LogP contribution in [0.4, 0.5) is 9.59 Å². The molecule has 2 fully saturated rings. The molecule has 158 valence electrons. The number of nitrogens with one attached hydrogen (secondary N) is 4. The number of carbonyl (C=O) groups is 6. The maximum atomic E-state index is 12.7. The van der Waals surface area contributed by atoms with Gasteiger partial charge in [0, 0.05) is 7.05 Å². The van der Waals surface area contributed by atoms with Gasteiger partial charge in [-0.15, -0.1) is 0 Å². The molecule has 0 saturated carbocycles. The standard InChI is InChI=1S/C19H11N7O6/c1-26-17(30)9(16(29)25-19(26)32)11-13-12(20-6-4-2-3-5-7(6)21-13)10(22-11)8-14(27)23-18(31)24-15(8)28/h2-5,22H,1H3,(H,25,29,32)(H2,23,24,27,28,31)/b11-9-. The van der Waals surface area contributed by atoms with E-state index in [-0.39, 0.29) is 21.7 Å². The lowest BCUT2D eigenvalue weighted by Crippen LogP contribution is -2.54. The minimum atomic E-state index is -1.000. The van der Waals surface area contributed by atoms with E-state index < -0.39 is 46.8 Å². The number of carbonyl (C=O) groups excluding carboxylic acids is 6. The van der Waals surface area contributed by atoms with Gasteiger partial charge in [0.25, 0.3) is 23.6 Å². The predicted molar refractivity (Wildman–Crippen MR) is 105 cm³/mol. The van der Waals surface area contributed by atoms with Crippen LogP contribution in [0.15, 0.2) is 24.3 Å². The maximum Gasteiger partial charge on any atom is 0.331 e. The molecule has 0 radical (unpaired) electrons. The summed E-state index contributed by atoms with van der Waals surface area (Å²) in [7, 11) is 1.18. The number of para-hydroxylation sites is 2. The summed E-state index contributed by atoms with van der Waals surface area (Å²) >= 11 is 0. The third-order valence-corrected chi connectivity index (χ3v) is 4.97. The average Bonchev–Trinajstić information content (AvgIpc) is 3.07. The van der Waals surface area contributed by atoms with Crippen molar-refractivity contribution in [3.8, 4) is 0 Å². The molecule has 2 aromatic heterocycles. The van der Waals surface area contributed by atoms with Crippen molar-refractivity contribution in [3.05, 3.63) is 35.0 Å². The number of benzene rings is 1. The van der Waals surface area contributed by atoms with Crippen molar-refractivity contribution >= 4 is 68.9 Å². The van der Waals surface area contributed by atoms with Gasteiger partial charge >= 0.3 is 12.1 Å². The highest BCUT2D eigenvalue weighted by molar-refractivity contribution is 6.47. The molecule has 2 saturated heterocycles. The van der Waals surface area contributed by atoms with Crippen molar-refractivity contribution < 1.29 is 28.8 Å². The Hall–Kier alpha value is -4.94. The third kappa shape index (κ3) is 2.64. The van der Waals surface area contributed by atoms with Crippen LogP contribution in [0.5, 0.6) is 0 Å². The van der Waals surface area contributed by atoms with Gasteiger partial charge in [-0.25, -0.2) is 19.6 Å². The monoisotopic (exact) mass is 433 g/mol. The van der Waals surface area contributed by atoms with E-state index in [0.717, 1.165) is 0 Å². The van der Waals surface area contributed by atoms with Crippen LogP contribution in [0.2, 0.25) is 0 Å². The lowest BCUT2D eigenvalue weighted by Gasteiger charge is -2.21. The Morgan fingerprint density at radius 2 is 1.22 bits per heavy atom. The number of nitrogens with zero attached hydrogens (tertiary/aromatic N) is 3. The SMILES string of the molecule is CN1C(=O)NC(=O)/C(=c2/[nH]c(=C3C(=O)NC(=O)NC3=O)c3nc4ccccc4nc23)C1=O. The van der Waals surface area contributed by atoms with E-state index in [0.29, 0.717) is 15.9 Å². The number of rotatable bonds is 0. The fourth-order valence-corrected chi connectivity index (χ4v) is 3.47. The van der Waals surface area contributed by atoms with Crippen molar-refractivity contribution in [2.75, 3.05) is 7.05 Å². The number of hydrogen-bond donors (Lipinski definition) is 4. The first-order valence-corrected chi connectivity index (χ1v) is 9.09. The number of fused-ring (bicyclic) bond motifs is 2. The number of aromatic amines is 1. The zero-order valence-electron chi connectivity index (χ0n) is 16.1. The first-order chi connectivity index (χ1) is 15.3. The molecule has 4 heterocycles. The van der Waals surface area contributed by atoms with Crippen molar-refractivity contribution in [3.63, 3.8) is 0 Å². The molecule has 2 aliphatic heterocycles. The van der Waals surface area contributed by atoms with Crippen molar-refractivity contribution in [2.24, 2.45) is 0 Å². The Morgan fingerprint density at radius 1 is 0.719 bits per heavy atom. The van der Waals surface area contributed by atoms with Crippen LogP contribution in [0.25, 0.3) is 33.2 Å². The second-order valence-electron chi connectivity index (χ2n) is 6.90. The van der Waals surface area contributed by atoms with Gasteiger partial charge in [-0.3, -0.25) is 40.0 Å². The number of aromatic nitrogens is 3. The lowest BCUT2D eigenvalue weighted by atomic mass is 10.1. The largest absolute Gasteiger partial charge is 0.350 e. The van der Waals surface area contributed by atoms with Gasteiger partial charge in [0.1, 0.15) is 22.2 Å². The zero-order chi connectivity index (χ0) is 22.7. The van der Waals surface area contributed by atoms with Gasteiger partial charge in [-0.1, -0.05) is 12.1 Å². The lowest BCUT2D eigenvalue weighted by molar-refractivity contribution is -0.126. The summed E-state index contributed by atoms with van der Waals surface area (Å²) in [6.45, 7) is 0. The van der Waals surface area contributed by atoms with Crippen LogP contribution in [-0.2, 0) is 19.2 Å². The fourth-order valence-electron chi connectivity index (χ4n) is 3.47. The van der Waals surface area contributed by atoms with E-state index in [4.69, 9.17) is 0 Å². The number of imide groups is 4. The molecule has 3 aromatic rings. The number of urea groups is 2. The molecule has 5 rings (SSSR count). The molecular weight excluding hydrogens is 422 g/mol. The maximum absolute atomic E-state index is 12.7. The third-order valence-electron chi connectivity index (χ3n) is 4.97. The quantitative estimate of drug-likeness (QED) is 0.299. The molecule has 32 heavy (non-hydrogen) atoms. The molecule has 2 aliphatic rings. The second-order valence-corrected chi connectivity index (χ2v) is 6.90. The molecule has 8 amide bonds. The molecule has 13 heteroatoms. The summed E-state index contributed by atoms with van der Waals surface area (Å²) in [6.07, 6.45) is 0. The van der Waals surface area contributed by atoms with Gasteiger partial charge in [0.05, 0.1) is 21.7 Å². The summed E-state index contributed by atoms with van der Waals surface area (Å²) in [5, 5.41) is 5.66. The Balaban J connectivity index is 1.99. The van der Waals surface area contributed by atoms with E-state index in [2.05, 4.69) is 15.0 Å². The minimum absolute atomic E-state index is 0.0148. The van der Waals surface area contributed by atoms with Crippen molar-refractivity contribution in [1.29, 1.82) is 0 Å². The van der Waals surface area contributed by atoms with E-state index in [1.807, 2.05) is 16.0 Å². The molecular formula is C19H11N7O6. The fraction of sp³-hybridized carbons (Fsp3) is 0.0526.